The number of benzene rings is 1. The largest absolute Gasteiger partial charge is 0.378 e. The van der Waals surface area contributed by atoms with Crippen LogP contribution in [-0.4, -0.2) is 24.2 Å². The van der Waals surface area contributed by atoms with Crippen molar-refractivity contribution in [2.45, 2.75) is 0 Å². The third kappa shape index (κ3) is 3.61. The predicted molar refractivity (Wildman–Crippen MR) is 83.0 cm³/mol. The van der Waals surface area contributed by atoms with Crippen LogP contribution in [0.2, 0.25) is 0 Å². The van der Waals surface area contributed by atoms with E-state index in [4.69, 9.17) is 0 Å². The van der Waals surface area contributed by atoms with E-state index in [2.05, 4.69) is 37.6 Å². The van der Waals surface area contributed by atoms with Gasteiger partial charge in [0.25, 0.3) is 0 Å². The Bertz CT molecular complexity index is 584. The summed E-state index contributed by atoms with van der Waals surface area (Å²) in [7, 11) is 4.03. The Morgan fingerprint density at radius 3 is 2.42 bits per heavy atom. The van der Waals surface area contributed by atoms with Crippen molar-refractivity contribution in [3.63, 3.8) is 0 Å². The predicted octanol–water partition coefficient (Wildman–Crippen LogP) is 3.63. The molecule has 1 aromatic carbocycles. The van der Waals surface area contributed by atoms with Gasteiger partial charge in [0.15, 0.2) is 0 Å². The Morgan fingerprint density at radius 1 is 1.16 bits per heavy atom. The van der Waals surface area contributed by atoms with Crippen LogP contribution in [0, 0.1) is 0 Å². The molecule has 0 aliphatic heterocycles. The summed E-state index contributed by atoms with van der Waals surface area (Å²) < 4.78 is 0. The lowest BCUT2D eigenvalue weighted by atomic mass is 10.2. The fourth-order valence-electron chi connectivity index (χ4n) is 1.57. The standard InChI is InChI=1S/C14H14N4S/c1-18(2)13-6-3-11(4-7-13)17-14-8-5-12(9-15-14)16-10-19/h3-9H,1-2H3,(H,15,17). The van der Waals surface area contributed by atoms with Crippen LogP contribution in [0.5, 0.6) is 0 Å². The molecule has 96 valence electrons. The number of thiocarbonyl (C=S) groups is 1. The minimum absolute atomic E-state index is 0.698. The van der Waals surface area contributed by atoms with Crippen molar-refractivity contribution >= 4 is 40.3 Å². The molecule has 0 saturated heterocycles. The zero-order valence-electron chi connectivity index (χ0n) is 10.8. The normalized spacial score (nSPS) is 9.58. The van der Waals surface area contributed by atoms with Gasteiger partial charge in [0.1, 0.15) is 5.82 Å². The van der Waals surface area contributed by atoms with E-state index in [-0.39, 0.29) is 0 Å². The van der Waals surface area contributed by atoms with Gasteiger partial charge >= 0.3 is 0 Å². The Hall–Kier alpha value is -2.23. The number of hydrogen-bond acceptors (Lipinski definition) is 5. The van der Waals surface area contributed by atoms with Gasteiger partial charge in [-0.3, -0.25) is 0 Å². The second-order valence-corrected chi connectivity index (χ2v) is 4.35. The first kappa shape index (κ1) is 13.2. The molecular formula is C14H14N4S. The van der Waals surface area contributed by atoms with Gasteiger partial charge in [-0.1, -0.05) is 0 Å². The van der Waals surface area contributed by atoms with E-state index in [1.807, 2.05) is 50.5 Å². The first-order chi connectivity index (χ1) is 9.19. The van der Waals surface area contributed by atoms with Crippen molar-refractivity contribution in [3.05, 3.63) is 42.6 Å². The van der Waals surface area contributed by atoms with Gasteiger partial charge in [0.2, 0.25) is 0 Å². The van der Waals surface area contributed by atoms with Crippen molar-refractivity contribution in [2.24, 2.45) is 4.99 Å². The molecule has 0 spiro atoms. The fraction of sp³-hybridized carbons (Fsp3) is 0.143. The zero-order valence-corrected chi connectivity index (χ0v) is 11.6. The molecule has 0 aliphatic carbocycles. The van der Waals surface area contributed by atoms with Crippen LogP contribution in [0.3, 0.4) is 0 Å². The van der Waals surface area contributed by atoms with E-state index in [0.717, 1.165) is 17.2 Å². The van der Waals surface area contributed by atoms with Crippen LogP contribution in [0.15, 0.2) is 47.6 Å². The van der Waals surface area contributed by atoms with Crippen LogP contribution in [-0.2, 0) is 0 Å². The van der Waals surface area contributed by atoms with E-state index >= 15 is 0 Å². The maximum absolute atomic E-state index is 4.54. The zero-order chi connectivity index (χ0) is 13.7. The van der Waals surface area contributed by atoms with Crippen molar-refractivity contribution in [2.75, 3.05) is 24.3 Å². The molecule has 19 heavy (non-hydrogen) atoms. The molecule has 4 nitrogen and oxygen atoms in total. The fourth-order valence-corrected chi connectivity index (χ4v) is 1.68. The summed E-state index contributed by atoms with van der Waals surface area (Å²) in [6, 6.07) is 11.8. The highest BCUT2D eigenvalue weighted by Crippen LogP contribution is 2.20. The molecule has 2 aromatic rings. The van der Waals surface area contributed by atoms with E-state index in [1.54, 1.807) is 6.20 Å². The van der Waals surface area contributed by atoms with E-state index in [0.29, 0.717) is 5.69 Å². The Kier molecular flexibility index (Phi) is 4.23. The minimum Gasteiger partial charge on any atom is -0.378 e. The van der Waals surface area contributed by atoms with Gasteiger partial charge in [-0.25, -0.2) is 4.98 Å². The molecular weight excluding hydrogens is 256 g/mol. The number of nitrogens with zero attached hydrogens (tertiary/aromatic N) is 3. The van der Waals surface area contributed by atoms with Crippen molar-refractivity contribution in [1.82, 2.24) is 4.98 Å². The van der Waals surface area contributed by atoms with Crippen molar-refractivity contribution in [3.8, 4) is 0 Å². The Labute approximate surface area is 117 Å². The van der Waals surface area contributed by atoms with E-state index < -0.39 is 0 Å². The number of isothiocyanates is 1. The van der Waals surface area contributed by atoms with Crippen LogP contribution in [0.4, 0.5) is 22.9 Å². The molecule has 0 radical (unpaired) electrons. The molecule has 0 saturated carbocycles. The average Bonchev–Trinajstić information content (AvgIpc) is 2.42. The Balaban J connectivity index is 2.10. The quantitative estimate of drug-likeness (QED) is 0.680. The highest BCUT2D eigenvalue weighted by atomic mass is 32.1. The number of rotatable bonds is 4. The number of hydrogen-bond donors (Lipinski definition) is 1. The molecule has 0 atom stereocenters. The van der Waals surface area contributed by atoms with Gasteiger partial charge < -0.3 is 10.2 Å². The molecule has 5 heteroatoms. The van der Waals surface area contributed by atoms with E-state index in [1.165, 1.54) is 0 Å². The monoisotopic (exact) mass is 270 g/mol. The lowest BCUT2D eigenvalue weighted by molar-refractivity contribution is 1.13. The smallest absolute Gasteiger partial charge is 0.130 e. The van der Waals surface area contributed by atoms with Gasteiger partial charge in [-0.05, 0) is 48.6 Å². The maximum Gasteiger partial charge on any atom is 0.130 e. The lowest BCUT2D eigenvalue weighted by Gasteiger charge is -2.13. The third-order valence-corrected chi connectivity index (χ3v) is 2.67. The molecule has 0 fully saturated rings. The number of aromatic nitrogens is 1. The first-order valence-electron chi connectivity index (χ1n) is 5.77. The molecule has 1 heterocycles. The van der Waals surface area contributed by atoms with E-state index in [9.17, 15) is 0 Å². The van der Waals surface area contributed by atoms with Crippen molar-refractivity contribution in [1.29, 1.82) is 0 Å². The average molecular weight is 270 g/mol. The second kappa shape index (κ2) is 6.09. The number of nitrogens with one attached hydrogen (secondary N) is 1. The van der Waals surface area contributed by atoms with Gasteiger partial charge in [-0.15, -0.1) is 0 Å². The summed E-state index contributed by atoms with van der Waals surface area (Å²) in [6.07, 6.45) is 1.65. The molecule has 0 aliphatic rings. The molecule has 1 aromatic heterocycles. The molecule has 1 N–H and O–H groups in total. The lowest BCUT2D eigenvalue weighted by Crippen LogP contribution is -2.08. The minimum atomic E-state index is 0.698. The van der Waals surface area contributed by atoms with Gasteiger partial charge in [0, 0.05) is 25.5 Å². The molecule has 0 bridgehead atoms. The Morgan fingerprint density at radius 2 is 1.89 bits per heavy atom. The highest BCUT2D eigenvalue weighted by molar-refractivity contribution is 7.78. The molecule has 2 rings (SSSR count). The highest BCUT2D eigenvalue weighted by Gasteiger charge is 1.98. The number of anilines is 3. The number of aliphatic imine (C=N–C) groups is 1. The van der Waals surface area contributed by atoms with Crippen LogP contribution in [0.1, 0.15) is 0 Å². The topological polar surface area (TPSA) is 40.5 Å². The summed E-state index contributed by atoms with van der Waals surface area (Å²) in [4.78, 5) is 10.2. The van der Waals surface area contributed by atoms with Crippen LogP contribution >= 0.6 is 12.2 Å². The first-order valence-corrected chi connectivity index (χ1v) is 6.18. The molecule has 0 unspecified atom stereocenters. The second-order valence-electron chi connectivity index (χ2n) is 4.17. The SMILES string of the molecule is CN(C)c1ccc(Nc2ccc(N=C=S)cn2)cc1. The third-order valence-electron chi connectivity index (χ3n) is 2.58. The summed E-state index contributed by atoms with van der Waals surface area (Å²) in [5.74, 6) is 0.765. The van der Waals surface area contributed by atoms with Gasteiger partial charge in [-0.2, -0.15) is 4.99 Å². The summed E-state index contributed by atoms with van der Waals surface area (Å²) in [5, 5.41) is 5.53. The maximum atomic E-state index is 4.54. The van der Waals surface area contributed by atoms with Crippen LogP contribution < -0.4 is 10.2 Å². The van der Waals surface area contributed by atoms with Gasteiger partial charge in [0.05, 0.1) is 17.0 Å². The summed E-state index contributed by atoms with van der Waals surface area (Å²) in [5.41, 5.74) is 2.84. The summed E-state index contributed by atoms with van der Waals surface area (Å²) >= 11 is 4.54. The van der Waals surface area contributed by atoms with Crippen LogP contribution in [0.25, 0.3) is 0 Å². The summed E-state index contributed by atoms with van der Waals surface area (Å²) in [6.45, 7) is 0. The van der Waals surface area contributed by atoms with Crippen molar-refractivity contribution < 1.29 is 0 Å². The molecule has 0 amide bonds. The number of pyridine rings is 1.